The molecular weight excluding hydrogens is 170 g/mol. The van der Waals surface area contributed by atoms with Crippen molar-refractivity contribution in [1.29, 1.82) is 5.41 Å². The molecule has 0 aromatic carbocycles. The van der Waals surface area contributed by atoms with Crippen molar-refractivity contribution in [1.82, 2.24) is 4.90 Å². The summed E-state index contributed by atoms with van der Waals surface area (Å²) in [7, 11) is 0. The maximum atomic E-state index is 10.3. The van der Waals surface area contributed by atoms with Crippen molar-refractivity contribution in [3.8, 4) is 0 Å². The summed E-state index contributed by atoms with van der Waals surface area (Å²) in [6.45, 7) is 2.05. The SMILES string of the molecule is N=C1CCCN1CCOCC(N)=O. The number of ether oxygens (including phenoxy) is 1. The van der Waals surface area contributed by atoms with Crippen LogP contribution in [0.4, 0.5) is 0 Å². The van der Waals surface area contributed by atoms with Gasteiger partial charge in [-0.2, -0.15) is 0 Å². The van der Waals surface area contributed by atoms with Gasteiger partial charge in [0.2, 0.25) is 5.91 Å². The lowest BCUT2D eigenvalue weighted by Gasteiger charge is -2.16. The highest BCUT2D eigenvalue weighted by Crippen LogP contribution is 2.08. The minimum Gasteiger partial charge on any atom is -0.370 e. The lowest BCUT2D eigenvalue weighted by atomic mass is 10.4. The first kappa shape index (κ1) is 9.98. The Morgan fingerprint density at radius 2 is 2.46 bits per heavy atom. The number of primary amides is 1. The van der Waals surface area contributed by atoms with Crippen LogP contribution in [0.15, 0.2) is 0 Å². The van der Waals surface area contributed by atoms with Crippen LogP contribution in [-0.2, 0) is 9.53 Å². The molecule has 1 amide bonds. The summed E-state index contributed by atoms with van der Waals surface area (Å²) >= 11 is 0. The molecule has 74 valence electrons. The first-order valence-corrected chi connectivity index (χ1v) is 4.38. The van der Waals surface area contributed by atoms with Gasteiger partial charge in [-0.3, -0.25) is 10.2 Å². The quantitative estimate of drug-likeness (QED) is 0.570. The van der Waals surface area contributed by atoms with Crippen LogP contribution >= 0.6 is 0 Å². The highest BCUT2D eigenvalue weighted by Gasteiger charge is 2.15. The molecule has 0 bridgehead atoms. The molecule has 0 aromatic heterocycles. The van der Waals surface area contributed by atoms with E-state index in [-0.39, 0.29) is 6.61 Å². The molecule has 3 N–H and O–H groups in total. The average molecular weight is 185 g/mol. The Morgan fingerprint density at radius 3 is 3.00 bits per heavy atom. The van der Waals surface area contributed by atoms with Crippen molar-refractivity contribution in [2.24, 2.45) is 5.73 Å². The summed E-state index contributed by atoms with van der Waals surface area (Å²) < 4.78 is 4.99. The molecule has 1 fully saturated rings. The van der Waals surface area contributed by atoms with E-state index in [0.29, 0.717) is 19.0 Å². The second-order valence-electron chi connectivity index (χ2n) is 3.06. The lowest BCUT2D eigenvalue weighted by molar-refractivity contribution is -0.122. The van der Waals surface area contributed by atoms with Crippen LogP contribution < -0.4 is 5.73 Å². The fraction of sp³-hybridized carbons (Fsp3) is 0.750. The number of amides is 1. The molecule has 0 aromatic rings. The summed E-state index contributed by atoms with van der Waals surface area (Å²) in [5.74, 6) is 0.221. The molecular formula is C8H15N3O2. The minimum absolute atomic E-state index is 0.0266. The largest absolute Gasteiger partial charge is 0.370 e. The van der Waals surface area contributed by atoms with Gasteiger partial charge in [0.15, 0.2) is 0 Å². The number of hydrogen-bond acceptors (Lipinski definition) is 3. The monoisotopic (exact) mass is 185 g/mol. The van der Waals surface area contributed by atoms with E-state index in [4.69, 9.17) is 15.9 Å². The van der Waals surface area contributed by atoms with Gasteiger partial charge >= 0.3 is 0 Å². The van der Waals surface area contributed by atoms with Crippen LogP contribution in [0.3, 0.4) is 0 Å². The van der Waals surface area contributed by atoms with Gasteiger partial charge in [0, 0.05) is 19.5 Å². The molecule has 1 saturated heterocycles. The Hall–Kier alpha value is -1.10. The molecule has 0 saturated carbocycles. The number of carbonyl (C=O) groups is 1. The molecule has 0 atom stereocenters. The van der Waals surface area contributed by atoms with E-state index in [1.165, 1.54) is 0 Å². The number of hydrogen-bond donors (Lipinski definition) is 2. The van der Waals surface area contributed by atoms with Crippen LogP contribution in [0, 0.1) is 5.41 Å². The molecule has 13 heavy (non-hydrogen) atoms. The standard InChI is InChI=1S/C8H15N3O2/c9-7-2-1-3-11(7)4-5-13-6-8(10)12/h9H,1-6H2,(H2,10,12). The Balaban J connectivity index is 2.05. The first-order valence-electron chi connectivity index (χ1n) is 4.38. The minimum atomic E-state index is -0.448. The predicted molar refractivity (Wildman–Crippen MR) is 48.5 cm³/mol. The number of carbonyl (C=O) groups excluding carboxylic acids is 1. The molecule has 0 aliphatic carbocycles. The van der Waals surface area contributed by atoms with Crippen LogP contribution in [0.5, 0.6) is 0 Å². The van der Waals surface area contributed by atoms with Crippen molar-refractivity contribution in [2.45, 2.75) is 12.8 Å². The number of likely N-dealkylation sites (tertiary alicyclic amines) is 1. The zero-order valence-electron chi connectivity index (χ0n) is 7.58. The van der Waals surface area contributed by atoms with Gasteiger partial charge in [-0.15, -0.1) is 0 Å². The van der Waals surface area contributed by atoms with Crippen molar-refractivity contribution < 1.29 is 9.53 Å². The molecule has 5 nitrogen and oxygen atoms in total. The van der Waals surface area contributed by atoms with E-state index in [2.05, 4.69) is 0 Å². The van der Waals surface area contributed by atoms with Gasteiger partial charge in [0.05, 0.1) is 12.4 Å². The first-order chi connectivity index (χ1) is 6.20. The van der Waals surface area contributed by atoms with E-state index in [1.54, 1.807) is 0 Å². The van der Waals surface area contributed by atoms with E-state index >= 15 is 0 Å². The smallest absolute Gasteiger partial charge is 0.243 e. The molecule has 5 heteroatoms. The maximum absolute atomic E-state index is 10.3. The highest BCUT2D eigenvalue weighted by molar-refractivity contribution is 5.80. The summed E-state index contributed by atoms with van der Waals surface area (Å²) in [6.07, 6.45) is 1.91. The average Bonchev–Trinajstić information content (AvgIpc) is 2.45. The third kappa shape index (κ3) is 3.42. The third-order valence-electron chi connectivity index (χ3n) is 1.97. The van der Waals surface area contributed by atoms with Crippen LogP contribution in [-0.4, -0.2) is 42.9 Å². The number of amidine groups is 1. The summed E-state index contributed by atoms with van der Waals surface area (Å²) in [5.41, 5.74) is 4.89. The van der Waals surface area contributed by atoms with Crippen molar-refractivity contribution >= 4 is 11.7 Å². The van der Waals surface area contributed by atoms with Gasteiger partial charge < -0.3 is 15.4 Å². The number of nitrogens with two attached hydrogens (primary N) is 1. The fourth-order valence-electron chi connectivity index (χ4n) is 1.32. The molecule has 0 unspecified atom stereocenters. The Kier molecular flexibility index (Phi) is 3.70. The second-order valence-corrected chi connectivity index (χ2v) is 3.06. The van der Waals surface area contributed by atoms with E-state index in [1.807, 2.05) is 4.90 Å². The van der Waals surface area contributed by atoms with E-state index in [0.717, 1.165) is 19.4 Å². The van der Waals surface area contributed by atoms with Crippen LogP contribution in [0.2, 0.25) is 0 Å². The van der Waals surface area contributed by atoms with Gasteiger partial charge in [-0.05, 0) is 6.42 Å². The Labute approximate surface area is 77.3 Å². The highest BCUT2D eigenvalue weighted by atomic mass is 16.5. The predicted octanol–water partition coefficient (Wildman–Crippen LogP) is -0.439. The van der Waals surface area contributed by atoms with Crippen molar-refractivity contribution in [3.05, 3.63) is 0 Å². The van der Waals surface area contributed by atoms with Crippen molar-refractivity contribution in [2.75, 3.05) is 26.3 Å². The molecule has 1 heterocycles. The molecule has 0 spiro atoms. The van der Waals surface area contributed by atoms with Crippen LogP contribution in [0.1, 0.15) is 12.8 Å². The summed E-state index contributed by atoms with van der Waals surface area (Å²) in [6, 6.07) is 0. The topological polar surface area (TPSA) is 79.4 Å². The third-order valence-corrected chi connectivity index (χ3v) is 1.97. The second kappa shape index (κ2) is 4.81. The van der Waals surface area contributed by atoms with Gasteiger partial charge in [-0.1, -0.05) is 0 Å². The lowest BCUT2D eigenvalue weighted by Crippen LogP contribution is -2.29. The molecule has 0 radical (unpaired) electrons. The zero-order chi connectivity index (χ0) is 9.68. The van der Waals surface area contributed by atoms with Gasteiger partial charge in [0.1, 0.15) is 6.61 Å². The zero-order valence-corrected chi connectivity index (χ0v) is 7.58. The van der Waals surface area contributed by atoms with Crippen molar-refractivity contribution in [3.63, 3.8) is 0 Å². The maximum Gasteiger partial charge on any atom is 0.243 e. The summed E-state index contributed by atoms with van der Waals surface area (Å²) in [4.78, 5) is 12.3. The number of rotatable bonds is 5. The van der Waals surface area contributed by atoms with Gasteiger partial charge in [-0.25, -0.2) is 0 Å². The van der Waals surface area contributed by atoms with E-state index < -0.39 is 5.91 Å². The fourth-order valence-corrected chi connectivity index (χ4v) is 1.32. The molecule has 1 aliphatic rings. The number of nitrogens with one attached hydrogen (secondary N) is 1. The Bertz CT molecular complexity index is 206. The van der Waals surface area contributed by atoms with Gasteiger partial charge in [0.25, 0.3) is 0 Å². The number of nitrogens with zero attached hydrogens (tertiary/aromatic N) is 1. The molecule has 1 aliphatic heterocycles. The van der Waals surface area contributed by atoms with Crippen LogP contribution in [0.25, 0.3) is 0 Å². The normalized spacial score (nSPS) is 16.6. The summed E-state index contributed by atoms with van der Waals surface area (Å²) in [5, 5.41) is 7.50. The van der Waals surface area contributed by atoms with E-state index in [9.17, 15) is 4.79 Å². The Morgan fingerprint density at radius 1 is 1.69 bits per heavy atom. The molecule has 1 rings (SSSR count).